The number of urea groups is 1. The molecule has 0 aliphatic heterocycles. The van der Waals surface area contributed by atoms with Crippen molar-refractivity contribution in [3.05, 3.63) is 0 Å². The first-order valence-corrected chi connectivity index (χ1v) is 1.28. The van der Waals surface area contributed by atoms with Gasteiger partial charge in [0.1, 0.15) is 0 Å². The molecule has 0 spiro atoms. The smallest absolute Gasteiger partial charge is 1.00 e. The summed E-state index contributed by atoms with van der Waals surface area (Å²) in [6, 6.07) is -0.602. The van der Waals surface area contributed by atoms with E-state index in [1.165, 1.54) is 0 Å². The van der Waals surface area contributed by atoms with Crippen LogP contribution in [0.2, 0.25) is 0 Å². The van der Waals surface area contributed by atoms with Crippen LogP contribution in [-0.2, 0) is 0 Å². The van der Waals surface area contributed by atoms with Gasteiger partial charge < -0.3 is 2.85 Å². The van der Waals surface area contributed by atoms with Gasteiger partial charge in [-0.05, 0) is 0 Å². The average Bonchev–Trinajstić information content (AvgIpc) is 1.65. The summed E-state index contributed by atoms with van der Waals surface area (Å²) in [5.41, 5.74) is 3.48. The van der Waals surface area contributed by atoms with E-state index >= 15 is 0 Å². The molecule has 0 aromatic rings. The minimum absolute atomic E-state index is 0. The second-order valence-corrected chi connectivity index (χ2v) is 0.618. The molecule has 0 aromatic carbocycles. The first-order valence-electron chi connectivity index (χ1n) is 1.28. The van der Waals surface area contributed by atoms with Crippen molar-refractivity contribution in [2.24, 2.45) is 11.7 Å². The minimum atomic E-state index is -0.602. The first-order chi connectivity index (χ1) is 2.81. The fraction of sp³-hybridized carbons (Fsp3) is 0. The maximum atomic E-state index is 9.71. The number of rotatable bonds is 0. The summed E-state index contributed by atoms with van der Waals surface area (Å²) in [6.45, 7) is 0. The Bertz CT molecular complexity index is 56.5. The first kappa shape index (κ1) is 10.0. The summed E-state index contributed by atoms with van der Waals surface area (Å²) < 4.78 is 0. The standard InChI is InChI=1S/CH6N4O.Mg.2H/c2-4-1(6)5-3;;;/h2-3H2,(H2,4,5,6);;;/q;+2;2*-1. The Hall–Kier alpha value is -0.0438. The van der Waals surface area contributed by atoms with Crippen molar-refractivity contribution in [2.75, 3.05) is 0 Å². The van der Waals surface area contributed by atoms with E-state index in [0.717, 1.165) is 0 Å². The molecule has 0 saturated heterocycles. The molecule has 40 valence electrons. The van der Waals surface area contributed by atoms with Crippen molar-refractivity contribution < 1.29 is 7.65 Å². The summed E-state index contributed by atoms with van der Waals surface area (Å²) >= 11 is 0. The minimum Gasteiger partial charge on any atom is -1.00 e. The number of hydrogen-bond donors (Lipinski definition) is 4. The summed E-state index contributed by atoms with van der Waals surface area (Å²) in [5, 5.41) is 0. The van der Waals surface area contributed by atoms with Crippen LogP contribution in [0.15, 0.2) is 0 Å². The molecule has 6 N–H and O–H groups in total. The van der Waals surface area contributed by atoms with Crippen LogP contribution in [0.1, 0.15) is 2.85 Å². The van der Waals surface area contributed by atoms with Gasteiger partial charge in [0.05, 0.1) is 0 Å². The largest absolute Gasteiger partial charge is 2.00 e. The molecular weight excluding hydrogens is 108 g/mol. The van der Waals surface area contributed by atoms with Gasteiger partial charge in [0.25, 0.3) is 0 Å². The van der Waals surface area contributed by atoms with Crippen LogP contribution in [0.5, 0.6) is 0 Å². The SMILES string of the molecule is NNC(=O)NN.[H-].[H-].[Mg+2]. The number of nitrogens with two attached hydrogens (primary N) is 2. The molecule has 0 bridgehead atoms. The van der Waals surface area contributed by atoms with Gasteiger partial charge in [-0.3, -0.25) is 10.9 Å². The molecule has 0 radical (unpaired) electrons. The van der Waals surface area contributed by atoms with Crippen LogP contribution in [-0.4, -0.2) is 29.1 Å². The number of amides is 2. The van der Waals surface area contributed by atoms with E-state index in [2.05, 4.69) is 11.7 Å². The quantitative estimate of drug-likeness (QED) is 0.126. The molecule has 2 amide bonds. The monoisotopic (exact) mass is 116 g/mol. The Labute approximate surface area is 59.9 Å². The van der Waals surface area contributed by atoms with Crippen molar-refractivity contribution in [2.45, 2.75) is 0 Å². The van der Waals surface area contributed by atoms with E-state index < -0.39 is 6.03 Å². The Morgan fingerprint density at radius 1 is 1.43 bits per heavy atom. The van der Waals surface area contributed by atoms with Crippen molar-refractivity contribution in [1.29, 1.82) is 0 Å². The third kappa shape index (κ3) is 5.96. The van der Waals surface area contributed by atoms with Crippen LogP contribution in [0.3, 0.4) is 0 Å². The zero-order valence-corrected chi connectivity index (χ0v) is 5.18. The normalized spacial score (nSPS) is 6.00. The Kier molecular flexibility index (Phi) is 8.55. The third-order valence-corrected chi connectivity index (χ3v) is 0.262. The van der Waals surface area contributed by atoms with E-state index in [-0.39, 0.29) is 25.9 Å². The molecule has 0 fully saturated rings. The average molecular weight is 116 g/mol. The van der Waals surface area contributed by atoms with Crippen LogP contribution >= 0.6 is 0 Å². The van der Waals surface area contributed by atoms with Crippen molar-refractivity contribution in [1.82, 2.24) is 10.9 Å². The predicted molar refractivity (Wildman–Crippen MR) is 28.0 cm³/mol. The van der Waals surface area contributed by atoms with Crippen molar-refractivity contribution in [3.8, 4) is 0 Å². The summed E-state index contributed by atoms with van der Waals surface area (Å²) in [4.78, 5) is 9.71. The molecule has 0 atom stereocenters. The molecular formula is CH8MgN4O. The van der Waals surface area contributed by atoms with E-state index in [1.807, 2.05) is 0 Å². The number of hydrogen-bond acceptors (Lipinski definition) is 3. The number of carbonyl (C=O) groups is 1. The molecule has 6 heteroatoms. The van der Waals surface area contributed by atoms with Crippen molar-refractivity contribution >= 4 is 29.1 Å². The zero-order valence-electron chi connectivity index (χ0n) is 5.77. The molecule has 5 nitrogen and oxygen atoms in total. The molecule has 0 unspecified atom stereocenters. The summed E-state index contributed by atoms with van der Waals surface area (Å²) in [6.07, 6.45) is 0. The van der Waals surface area contributed by atoms with Crippen LogP contribution < -0.4 is 22.5 Å². The Balaban J connectivity index is -0.0000000417. The molecule has 0 saturated carbocycles. The number of nitrogens with one attached hydrogen (secondary N) is 2. The van der Waals surface area contributed by atoms with E-state index in [4.69, 9.17) is 0 Å². The fourth-order valence-corrected chi connectivity index (χ4v) is 0.0417. The van der Waals surface area contributed by atoms with Gasteiger partial charge in [0, 0.05) is 0 Å². The Morgan fingerprint density at radius 3 is 1.71 bits per heavy atom. The van der Waals surface area contributed by atoms with Gasteiger partial charge in [-0.15, -0.1) is 0 Å². The Morgan fingerprint density at radius 2 is 1.71 bits per heavy atom. The predicted octanol–water partition coefficient (Wildman–Crippen LogP) is -2.12. The van der Waals surface area contributed by atoms with Gasteiger partial charge in [-0.1, -0.05) is 0 Å². The summed E-state index contributed by atoms with van der Waals surface area (Å²) in [7, 11) is 0. The van der Waals surface area contributed by atoms with Gasteiger partial charge in [0.15, 0.2) is 0 Å². The van der Waals surface area contributed by atoms with Crippen molar-refractivity contribution in [3.63, 3.8) is 0 Å². The van der Waals surface area contributed by atoms with Crippen LogP contribution in [0.25, 0.3) is 0 Å². The second-order valence-electron chi connectivity index (χ2n) is 0.618. The zero-order chi connectivity index (χ0) is 4.99. The molecule has 7 heavy (non-hydrogen) atoms. The molecule has 0 aliphatic rings. The molecule has 0 aliphatic carbocycles. The fourth-order valence-electron chi connectivity index (χ4n) is 0.0417. The van der Waals surface area contributed by atoms with Gasteiger partial charge in [-0.2, -0.15) is 0 Å². The van der Waals surface area contributed by atoms with Gasteiger partial charge in [0.2, 0.25) is 0 Å². The van der Waals surface area contributed by atoms with Gasteiger partial charge in [-0.25, -0.2) is 16.5 Å². The number of hydrazine groups is 2. The van der Waals surface area contributed by atoms with Gasteiger partial charge >= 0.3 is 29.1 Å². The molecule has 0 rings (SSSR count). The second kappa shape index (κ2) is 5.96. The van der Waals surface area contributed by atoms with E-state index in [1.54, 1.807) is 10.9 Å². The summed E-state index contributed by atoms with van der Waals surface area (Å²) in [5.74, 6) is 9.08. The topological polar surface area (TPSA) is 93.2 Å². The number of carbonyl (C=O) groups excluding carboxylic acids is 1. The maximum Gasteiger partial charge on any atom is 2.00 e. The maximum absolute atomic E-state index is 9.71. The van der Waals surface area contributed by atoms with E-state index in [0.29, 0.717) is 0 Å². The van der Waals surface area contributed by atoms with Crippen LogP contribution in [0, 0.1) is 0 Å². The third-order valence-electron chi connectivity index (χ3n) is 0.262. The molecule has 0 heterocycles. The van der Waals surface area contributed by atoms with E-state index in [9.17, 15) is 4.79 Å². The van der Waals surface area contributed by atoms with Crippen LogP contribution in [0.4, 0.5) is 4.79 Å². The molecule has 0 aromatic heterocycles.